The smallest absolute Gasteiger partial charge is 0.272 e. The van der Waals surface area contributed by atoms with Crippen LogP contribution in [-0.4, -0.2) is 14.9 Å². The third-order valence-electron chi connectivity index (χ3n) is 1.53. The van der Waals surface area contributed by atoms with Crippen LogP contribution < -0.4 is 4.98 Å². The number of aromatic nitrogens is 3. The standard InChI is InChI=1S/C6H2BrN4O2/c7-6-5-4(9-2-10-6)3(1-8-5)11(12)13/h1-2H/q-1. The maximum absolute atomic E-state index is 10.5. The van der Waals surface area contributed by atoms with Crippen molar-refractivity contribution < 1.29 is 4.92 Å². The van der Waals surface area contributed by atoms with Crippen LogP contribution in [0.2, 0.25) is 0 Å². The molecule has 0 atom stereocenters. The van der Waals surface area contributed by atoms with E-state index in [1.165, 1.54) is 12.5 Å². The summed E-state index contributed by atoms with van der Waals surface area (Å²) in [6, 6.07) is 0. The van der Waals surface area contributed by atoms with E-state index < -0.39 is 4.92 Å². The molecule has 2 rings (SSSR count). The van der Waals surface area contributed by atoms with Crippen LogP contribution in [0.15, 0.2) is 17.1 Å². The molecule has 0 bridgehead atoms. The fourth-order valence-electron chi connectivity index (χ4n) is 0.980. The second kappa shape index (κ2) is 2.77. The van der Waals surface area contributed by atoms with Gasteiger partial charge in [-0.3, -0.25) is 10.1 Å². The van der Waals surface area contributed by atoms with Crippen LogP contribution >= 0.6 is 15.9 Å². The number of rotatable bonds is 1. The molecule has 0 aliphatic heterocycles. The molecule has 0 amide bonds. The van der Waals surface area contributed by atoms with Crippen molar-refractivity contribution in [2.24, 2.45) is 0 Å². The number of fused-ring (bicyclic) bond motifs is 1. The third kappa shape index (κ3) is 1.17. The molecule has 0 unspecified atom stereocenters. The van der Waals surface area contributed by atoms with Gasteiger partial charge in [0, 0.05) is 0 Å². The van der Waals surface area contributed by atoms with Crippen molar-refractivity contribution in [1.82, 2.24) is 15.0 Å². The van der Waals surface area contributed by atoms with Gasteiger partial charge in [0.1, 0.15) is 11.8 Å². The van der Waals surface area contributed by atoms with E-state index in [0.717, 1.165) is 0 Å². The summed E-state index contributed by atoms with van der Waals surface area (Å²) in [5.41, 5.74) is 0.569. The van der Waals surface area contributed by atoms with Gasteiger partial charge in [0.25, 0.3) is 5.69 Å². The van der Waals surface area contributed by atoms with Gasteiger partial charge >= 0.3 is 0 Å². The van der Waals surface area contributed by atoms with Gasteiger partial charge in [0.15, 0.2) is 0 Å². The van der Waals surface area contributed by atoms with Gasteiger partial charge in [-0.15, -0.1) is 0 Å². The molecule has 6 nitrogen and oxygen atoms in total. The highest BCUT2D eigenvalue weighted by Gasteiger charge is 2.09. The quantitative estimate of drug-likeness (QED) is 0.427. The molecular weight excluding hydrogens is 240 g/mol. The first-order valence-corrected chi connectivity index (χ1v) is 4.05. The summed E-state index contributed by atoms with van der Waals surface area (Å²) in [6.07, 6.45) is 2.42. The summed E-state index contributed by atoms with van der Waals surface area (Å²) in [4.78, 5) is 21.4. The van der Waals surface area contributed by atoms with E-state index in [1.807, 2.05) is 0 Å². The minimum Gasteiger partial charge on any atom is -0.654 e. The van der Waals surface area contributed by atoms with Crippen LogP contribution in [0.25, 0.3) is 11.0 Å². The molecule has 0 aliphatic carbocycles. The largest absolute Gasteiger partial charge is 0.654 e. The number of halogens is 1. The Balaban J connectivity index is 2.83. The average molecular weight is 242 g/mol. The van der Waals surface area contributed by atoms with Gasteiger partial charge in [-0.1, -0.05) is 11.7 Å². The Kier molecular flexibility index (Phi) is 1.73. The Morgan fingerprint density at radius 1 is 1.54 bits per heavy atom. The SMILES string of the molecule is O=[N+]([O-])c1c[n-]c2c(Br)ncnc12. The molecule has 0 aliphatic rings. The number of hydrogen-bond acceptors (Lipinski definition) is 4. The number of nitro groups is 1. The predicted octanol–water partition coefficient (Wildman–Crippen LogP) is 1.26. The molecule has 2 heterocycles. The summed E-state index contributed by atoms with van der Waals surface area (Å²) in [5, 5.41) is 10.5. The highest BCUT2D eigenvalue weighted by atomic mass is 79.9. The predicted molar refractivity (Wildman–Crippen MR) is 47.2 cm³/mol. The molecule has 0 N–H and O–H groups in total. The summed E-state index contributed by atoms with van der Waals surface area (Å²) in [7, 11) is 0. The monoisotopic (exact) mass is 241 g/mol. The zero-order valence-electron chi connectivity index (χ0n) is 6.14. The molecule has 0 spiro atoms. The first-order valence-electron chi connectivity index (χ1n) is 3.26. The maximum Gasteiger partial charge on any atom is 0.272 e. The second-order valence-electron chi connectivity index (χ2n) is 2.26. The molecule has 7 heteroatoms. The molecule has 2 aromatic heterocycles. The Hall–Kier alpha value is -1.50. The molecule has 2 aromatic rings. The van der Waals surface area contributed by atoms with Crippen molar-refractivity contribution in [3.8, 4) is 0 Å². The second-order valence-corrected chi connectivity index (χ2v) is 3.01. The first-order chi connectivity index (χ1) is 6.20. The van der Waals surface area contributed by atoms with Crippen LogP contribution in [0.1, 0.15) is 0 Å². The summed E-state index contributed by atoms with van der Waals surface area (Å²) in [5.74, 6) is 0. The third-order valence-corrected chi connectivity index (χ3v) is 2.11. The van der Waals surface area contributed by atoms with Crippen molar-refractivity contribution in [1.29, 1.82) is 0 Å². The molecule has 0 aromatic carbocycles. The lowest BCUT2D eigenvalue weighted by Crippen LogP contribution is -1.87. The van der Waals surface area contributed by atoms with E-state index in [4.69, 9.17) is 0 Å². The van der Waals surface area contributed by atoms with Gasteiger partial charge in [-0.05, 0) is 15.9 Å². The molecular formula is C6H2BrN4O2-. The Morgan fingerprint density at radius 3 is 3.00 bits per heavy atom. The molecule has 0 radical (unpaired) electrons. The minimum atomic E-state index is -0.519. The highest BCUT2D eigenvalue weighted by molar-refractivity contribution is 9.10. The van der Waals surface area contributed by atoms with Gasteiger partial charge < -0.3 is 4.98 Å². The Bertz CT molecular complexity index is 480. The van der Waals surface area contributed by atoms with Crippen LogP contribution in [0.5, 0.6) is 0 Å². The van der Waals surface area contributed by atoms with Gasteiger partial charge in [0.2, 0.25) is 0 Å². The Morgan fingerprint density at radius 2 is 2.31 bits per heavy atom. The van der Waals surface area contributed by atoms with Crippen LogP contribution in [0.4, 0.5) is 5.69 Å². The number of hydrogen-bond donors (Lipinski definition) is 0. The molecule has 0 fully saturated rings. The lowest BCUT2D eigenvalue weighted by atomic mass is 10.4. The fourth-order valence-corrected chi connectivity index (χ4v) is 1.36. The van der Waals surface area contributed by atoms with E-state index in [1.54, 1.807) is 0 Å². The lowest BCUT2D eigenvalue weighted by Gasteiger charge is -1.97. The van der Waals surface area contributed by atoms with E-state index in [0.29, 0.717) is 10.1 Å². The van der Waals surface area contributed by atoms with Crippen molar-refractivity contribution in [3.63, 3.8) is 0 Å². The molecule has 0 saturated carbocycles. The van der Waals surface area contributed by atoms with Crippen molar-refractivity contribution >= 4 is 32.7 Å². The molecule has 66 valence electrons. The summed E-state index contributed by atoms with van der Waals surface area (Å²) >= 11 is 3.12. The topological polar surface area (TPSA) is 83.0 Å². The zero-order chi connectivity index (χ0) is 9.42. The lowest BCUT2D eigenvalue weighted by molar-refractivity contribution is -0.383. The maximum atomic E-state index is 10.5. The fraction of sp³-hybridized carbons (Fsp3) is 0. The number of nitrogens with zero attached hydrogens (tertiary/aromatic N) is 4. The van der Waals surface area contributed by atoms with E-state index in [9.17, 15) is 10.1 Å². The minimum absolute atomic E-state index is 0.0990. The van der Waals surface area contributed by atoms with Crippen molar-refractivity contribution in [3.05, 3.63) is 27.2 Å². The van der Waals surface area contributed by atoms with E-state index >= 15 is 0 Å². The van der Waals surface area contributed by atoms with Crippen LogP contribution in [0.3, 0.4) is 0 Å². The van der Waals surface area contributed by atoms with Crippen molar-refractivity contribution in [2.45, 2.75) is 0 Å². The van der Waals surface area contributed by atoms with Crippen LogP contribution in [-0.2, 0) is 0 Å². The van der Waals surface area contributed by atoms with E-state index in [2.05, 4.69) is 30.9 Å². The van der Waals surface area contributed by atoms with E-state index in [-0.39, 0.29) is 11.2 Å². The molecule has 13 heavy (non-hydrogen) atoms. The summed E-state index contributed by atoms with van der Waals surface area (Å²) < 4.78 is 0.464. The average Bonchev–Trinajstić information content (AvgIpc) is 2.48. The van der Waals surface area contributed by atoms with Gasteiger partial charge in [0.05, 0.1) is 9.53 Å². The van der Waals surface area contributed by atoms with Gasteiger partial charge in [-0.25, -0.2) is 9.97 Å². The van der Waals surface area contributed by atoms with Crippen molar-refractivity contribution in [2.75, 3.05) is 0 Å². The van der Waals surface area contributed by atoms with Gasteiger partial charge in [-0.2, -0.15) is 0 Å². The highest BCUT2D eigenvalue weighted by Crippen LogP contribution is 2.25. The normalized spacial score (nSPS) is 10.5. The first kappa shape index (κ1) is 8.11. The summed E-state index contributed by atoms with van der Waals surface area (Å²) in [6.45, 7) is 0. The zero-order valence-corrected chi connectivity index (χ0v) is 7.72. The van der Waals surface area contributed by atoms with Crippen LogP contribution in [0, 0.1) is 10.1 Å². The Labute approximate surface area is 80.3 Å². The molecule has 0 saturated heterocycles.